The Balaban J connectivity index is 3.25. The molecule has 7 nitrogen and oxygen atoms in total. The van der Waals surface area contributed by atoms with Crippen LogP contribution in [0, 0.1) is 17.0 Å². The summed E-state index contributed by atoms with van der Waals surface area (Å²) in [5, 5.41) is 10.8. The smallest absolute Gasteiger partial charge is 0.346 e. The predicted octanol–water partition coefficient (Wildman–Crippen LogP) is 0.571. The molecule has 0 N–H and O–H groups in total. The van der Waals surface area contributed by atoms with Gasteiger partial charge in [-0.1, -0.05) is 6.92 Å². The summed E-state index contributed by atoms with van der Waals surface area (Å²) in [6, 6.07) is 0. The molecule has 0 aliphatic heterocycles. The van der Waals surface area contributed by atoms with Gasteiger partial charge in [0, 0.05) is 12.7 Å². The zero-order valence-electron chi connectivity index (χ0n) is 9.30. The summed E-state index contributed by atoms with van der Waals surface area (Å²) in [4.78, 5) is 14.1. The Morgan fingerprint density at radius 3 is 2.50 bits per heavy atom. The van der Waals surface area contributed by atoms with Crippen molar-refractivity contribution in [1.29, 1.82) is 0 Å². The first kappa shape index (κ1) is 12.6. The van der Waals surface area contributed by atoms with Gasteiger partial charge in [0.15, 0.2) is 21.4 Å². The van der Waals surface area contributed by atoms with E-state index in [-0.39, 0.29) is 23.0 Å². The van der Waals surface area contributed by atoms with Crippen molar-refractivity contribution in [3.63, 3.8) is 0 Å². The highest BCUT2D eigenvalue weighted by Crippen LogP contribution is 2.21. The summed E-state index contributed by atoms with van der Waals surface area (Å²) in [5.74, 6) is -0.274. The van der Waals surface area contributed by atoms with Gasteiger partial charge in [-0.25, -0.2) is 18.0 Å². The fourth-order valence-corrected chi connectivity index (χ4v) is 2.12. The zero-order valence-corrected chi connectivity index (χ0v) is 10.1. The van der Waals surface area contributed by atoms with Gasteiger partial charge in [-0.2, -0.15) is 0 Å². The number of hydrogen-bond acceptors (Lipinski definition) is 5. The van der Waals surface area contributed by atoms with Crippen molar-refractivity contribution >= 4 is 15.7 Å². The normalized spacial score (nSPS) is 11.7. The van der Waals surface area contributed by atoms with Crippen LogP contribution in [0.3, 0.4) is 0 Å². The number of sulfone groups is 1. The van der Waals surface area contributed by atoms with E-state index >= 15 is 0 Å². The quantitative estimate of drug-likeness (QED) is 0.572. The third-order valence-corrected chi connectivity index (χ3v) is 3.92. The van der Waals surface area contributed by atoms with Gasteiger partial charge in [0.25, 0.3) is 0 Å². The maximum absolute atomic E-state index is 11.4. The standard InChI is InChI=1S/C8H13N3O4S/c1-4-16(14,15)5-7-8(11(12)13)10(3)6(2)9-7/h4-5H2,1-3H3. The van der Waals surface area contributed by atoms with Crippen LogP contribution in [-0.4, -0.2) is 28.6 Å². The molecule has 0 fully saturated rings. The van der Waals surface area contributed by atoms with E-state index in [0.717, 1.165) is 0 Å². The molecular formula is C8H13N3O4S. The summed E-state index contributed by atoms with van der Waals surface area (Å²) < 4.78 is 24.1. The molecule has 90 valence electrons. The Kier molecular flexibility index (Phi) is 3.32. The van der Waals surface area contributed by atoms with Crippen LogP contribution in [0.2, 0.25) is 0 Å². The number of rotatable bonds is 4. The topological polar surface area (TPSA) is 95.1 Å². The van der Waals surface area contributed by atoms with Gasteiger partial charge in [0.2, 0.25) is 0 Å². The predicted molar refractivity (Wildman–Crippen MR) is 57.8 cm³/mol. The van der Waals surface area contributed by atoms with E-state index in [1.54, 1.807) is 6.92 Å². The molecule has 1 heterocycles. The first-order valence-corrected chi connectivity index (χ1v) is 6.47. The van der Waals surface area contributed by atoms with Crippen molar-refractivity contribution in [3.8, 4) is 0 Å². The van der Waals surface area contributed by atoms with Crippen molar-refractivity contribution in [2.75, 3.05) is 5.75 Å². The molecule has 0 saturated heterocycles. The Morgan fingerprint density at radius 1 is 1.50 bits per heavy atom. The lowest BCUT2D eigenvalue weighted by molar-refractivity contribution is -0.392. The third kappa shape index (κ3) is 2.38. The number of nitro groups is 1. The SMILES string of the molecule is CCS(=O)(=O)Cc1nc(C)n(C)c1[N+](=O)[O-]. The second-order valence-electron chi connectivity index (χ2n) is 3.42. The van der Waals surface area contributed by atoms with Gasteiger partial charge < -0.3 is 10.1 Å². The summed E-state index contributed by atoms with van der Waals surface area (Å²) in [5.41, 5.74) is 0.00634. The number of imidazole rings is 1. The van der Waals surface area contributed by atoms with Crippen molar-refractivity contribution in [2.24, 2.45) is 7.05 Å². The summed E-state index contributed by atoms with van der Waals surface area (Å²) in [6.07, 6.45) is 0. The van der Waals surface area contributed by atoms with E-state index in [1.807, 2.05) is 0 Å². The molecule has 0 bridgehead atoms. The lowest BCUT2D eigenvalue weighted by Gasteiger charge is -1.99. The van der Waals surface area contributed by atoms with Crippen molar-refractivity contribution < 1.29 is 13.3 Å². The van der Waals surface area contributed by atoms with Gasteiger partial charge in [-0.3, -0.25) is 0 Å². The van der Waals surface area contributed by atoms with E-state index in [2.05, 4.69) is 4.98 Å². The zero-order chi connectivity index (χ0) is 12.5. The van der Waals surface area contributed by atoms with Crippen molar-refractivity contribution in [2.45, 2.75) is 19.6 Å². The largest absolute Gasteiger partial charge is 0.358 e. The molecule has 8 heteroatoms. The van der Waals surface area contributed by atoms with Crippen molar-refractivity contribution in [3.05, 3.63) is 21.6 Å². The van der Waals surface area contributed by atoms with E-state index in [1.165, 1.54) is 18.5 Å². The molecular weight excluding hydrogens is 234 g/mol. The van der Waals surface area contributed by atoms with E-state index in [0.29, 0.717) is 5.82 Å². The molecule has 0 aromatic carbocycles. The second-order valence-corrected chi connectivity index (χ2v) is 5.78. The molecule has 0 aliphatic rings. The highest BCUT2D eigenvalue weighted by atomic mass is 32.2. The Morgan fingerprint density at radius 2 is 2.06 bits per heavy atom. The van der Waals surface area contributed by atoms with Crippen LogP contribution in [0.1, 0.15) is 18.4 Å². The molecule has 1 rings (SSSR count). The average molecular weight is 247 g/mol. The minimum atomic E-state index is -3.31. The van der Waals surface area contributed by atoms with Gasteiger partial charge >= 0.3 is 5.82 Å². The van der Waals surface area contributed by atoms with Crippen LogP contribution < -0.4 is 0 Å². The Hall–Kier alpha value is -1.44. The molecule has 0 spiro atoms. The number of aromatic nitrogens is 2. The molecule has 0 unspecified atom stereocenters. The third-order valence-electron chi connectivity index (χ3n) is 2.33. The molecule has 0 radical (unpaired) electrons. The molecule has 1 aromatic rings. The fraction of sp³-hybridized carbons (Fsp3) is 0.625. The van der Waals surface area contributed by atoms with Crippen molar-refractivity contribution in [1.82, 2.24) is 9.55 Å². The van der Waals surface area contributed by atoms with E-state index < -0.39 is 14.8 Å². The van der Waals surface area contributed by atoms with Gasteiger partial charge in [0.05, 0.1) is 7.05 Å². The lowest BCUT2D eigenvalue weighted by Crippen LogP contribution is -2.09. The van der Waals surface area contributed by atoms with Crippen LogP contribution in [0.15, 0.2) is 0 Å². The lowest BCUT2D eigenvalue weighted by atomic mass is 10.5. The fourth-order valence-electron chi connectivity index (χ4n) is 1.30. The monoisotopic (exact) mass is 247 g/mol. The minimum absolute atomic E-state index is 0.00634. The van der Waals surface area contributed by atoms with Crippen LogP contribution in [0.4, 0.5) is 5.82 Å². The number of hydrogen-bond donors (Lipinski definition) is 0. The maximum atomic E-state index is 11.4. The van der Waals surface area contributed by atoms with Crippen LogP contribution in [0.25, 0.3) is 0 Å². The highest BCUT2D eigenvalue weighted by Gasteiger charge is 2.26. The highest BCUT2D eigenvalue weighted by molar-refractivity contribution is 7.90. The molecule has 0 amide bonds. The van der Waals surface area contributed by atoms with E-state index in [9.17, 15) is 18.5 Å². The minimum Gasteiger partial charge on any atom is -0.358 e. The van der Waals surface area contributed by atoms with Crippen LogP contribution >= 0.6 is 0 Å². The average Bonchev–Trinajstić information content (AvgIpc) is 2.41. The van der Waals surface area contributed by atoms with Crippen LogP contribution in [-0.2, 0) is 22.6 Å². The summed E-state index contributed by atoms with van der Waals surface area (Å²) in [6.45, 7) is 3.09. The molecule has 1 aromatic heterocycles. The summed E-state index contributed by atoms with van der Waals surface area (Å²) in [7, 11) is -1.82. The molecule has 0 saturated carbocycles. The second kappa shape index (κ2) is 4.20. The van der Waals surface area contributed by atoms with Gasteiger partial charge in [0.1, 0.15) is 5.75 Å². The first-order chi connectivity index (χ1) is 7.28. The van der Waals surface area contributed by atoms with Crippen LogP contribution in [0.5, 0.6) is 0 Å². The molecule has 0 aliphatic carbocycles. The molecule has 16 heavy (non-hydrogen) atoms. The van der Waals surface area contributed by atoms with Gasteiger partial charge in [-0.05, 0) is 4.92 Å². The maximum Gasteiger partial charge on any atom is 0.346 e. The Labute approximate surface area is 93.2 Å². The molecule has 0 atom stereocenters. The van der Waals surface area contributed by atoms with E-state index in [4.69, 9.17) is 0 Å². The Bertz CT molecular complexity index is 518. The van der Waals surface area contributed by atoms with Gasteiger partial charge in [-0.15, -0.1) is 0 Å². The number of aryl methyl sites for hydroxylation is 1. The first-order valence-electron chi connectivity index (χ1n) is 4.65. The number of nitrogens with zero attached hydrogens (tertiary/aromatic N) is 3. The summed E-state index contributed by atoms with van der Waals surface area (Å²) >= 11 is 0.